The summed E-state index contributed by atoms with van der Waals surface area (Å²) < 4.78 is 22.9. The Balaban J connectivity index is 1.92. The topological polar surface area (TPSA) is 51.2 Å². The Morgan fingerprint density at radius 1 is 0.955 bits per heavy atom. The van der Waals surface area contributed by atoms with Crippen molar-refractivity contribution in [1.29, 1.82) is 0 Å². The monoisotopic (exact) mass is 312 g/mol. The van der Waals surface area contributed by atoms with Gasteiger partial charge in [-0.2, -0.15) is 0 Å². The molecular weight excluding hydrogens is 296 g/mol. The van der Waals surface area contributed by atoms with Gasteiger partial charge in [0.25, 0.3) is 0 Å². The Morgan fingerprint density at radius 2 is 1.64 bits per heavy atom. The molecule has 0 spiro atoms. The van der Waals surface area contributed by atoms with Gasteiger partial charge in [-0.15, -0.1) is 0 Å². The van der Waals surface area contributed by atoms with Crippen LogP contribution in [-0.2, 0) is 16.3 Å². The lowest BCUT2D eigenvalue weighted by atomic mass is 9.86. The number of sulfone groups is 1. The molecule has 0 fully saturated rings. The molecule has 3 nitrogen and oxygen atoms in total. The van der Waals surface area contributed by atoms with Crippen molar-refractivity contribution in [3.63, 3.8) is 0 Å². The number of benzene rings is 2. The third-order valence-electron chi connectivity index (χ3n) is 3.87. The van der Waals surface area contributed by atoms with Crippen LogP contribution in [0.3, 0.4) is 0 Å². The predicted molar refractivity (Wildman–Crippen MR) is 86.6 cm³/mol. The number of ketones is 1. The molecule has 0 aliphatic heterocycles. The van der Waals surface area contributed by atoms with Crippen molar-refractivity contribution in [3.8, 4) is 0 Å². The van der Waals surface area contributed by atoms with Crippen LogP contribution in [0.25, 0.3) is 6.08 Å². The highest BCUT2D eigenvalue weighted by molar-refractivity contribution is 7.90. The van der Waals surface area contributed by atoms with Crippen LogP contribution in [0.4, 0.5) is 0 Å². The van der Waals surface area contributed by atoms with Gasteiger partial charge in [0.2, 0.25) is 0 Å². The summed E-state index contributed by atoms with van der Waals surface area (Å²) in [7, 11) is -3.19. The van der Waals surface area contributed by atoms with Crippen LogP contribution in [0.1, 0.15) is 27.9 Å². The van der Waals surface area contributed by atoms with Crippen molar-refractivity contribution >= 4 is 21.7 Å². The van der Waals surface area contributed by atoms with E-state index in [9.17, 15) is 13.2 Å². The highest BCUT2D eigenvalue weighted by atomic mass is 32.2. The zero-order valence-electron chi connectivity index (χ0n) is 12.2. The summed E-state index contributed by atoms with van der Waals surface area (Å²) in [5.74, 6) is 0.0639. The summed E-state index contributed by atoms with van der Waals surface area (Å²) in [5.41, 5.74) is 3.48. The van der Waals surface area contributed by atoms with Crippen LogP contribution in [0.5, 0.6) is 0 Å². The minimum Gasteiger partial charge on any atom is -0.289 e. The highest BCUT2D eigenvalue weighted by Crippen LogP contribution is 2.26. The Bertz CT molecular complexity index is 859. The quantitative estimate of drug-likeness (QED) is 0.800. The van der Waals surface area contributed by atoms with Gasteiger partial charge >= 0.3 is 0 Å². The van der Waals surface area contributed by atoms with Gasteiger partial charge in [0.05, 0.1) is 4.90 Å². The van der Waals surface area contributed by atoms with E-state index in [0.717, 1.165) is 28.7 Å². The molecule has 22 heavy (non-hydrogen) atoms. The molecule has 0 atom stereocenters. The first kappa shape index (κ1) is 14.7. The van der Waals surface area contributed by atoms with Crippen LogP contribution in [0.15, 0.2) is 59.0 Å². The van der Waals surface area contributed by atoms with E-state index in [4.69, 9.17) is 0 Å². The molecule has 0 saturated heterocycles. The third kappa shape index (κ3) is 2.88. The van der Waals surface area contributed by atoms with Gasteiger partial charge in [-0.05, 0) is 42.2 Å². The van der Waals surface area contributed by atoms with E-state index in [-0.39, 0.29) is 10.7 Å². The fraction of sp³-hybridized carbons (Fsp3) is 0.167. The van der Waals surface area contributed by atoms with Gasteiger partial charge in [-0.1, -0.05) is 36.4 Å². The van der Waals surface area contributed by atoms with Crippen molar-refractivity contribution in [1.82, 2.24) is 0 Å². The molecule has 0 aromatic heterocycles. The molecule has 1 aliphatic rings. The van der Waals surface area contributed by atoms with E-state index in [1.807, 2.05) is 30.3 Å². The van der Waals surface area contributed by atoms with Gasteiger partial charge in [-0.25, -0.2) is 8.42 Å². The van der Waals surface area contributed by atoms with E-state index >= 15 is 0 Å². The first-order valence-corrected chi connectivity index (χ1v) is 8.97. The lowest BCUT2D eigenvalue weighted by molar-refractivity contribution is 0.102. The standard InChI is InChI=1S/C18H16O3S/c1-22(20,21)16-10-6-13(7-11-16)12-15-9-8-14-4-2-3-5-17(14)18(15)19/h2-7,10-12H,8-9H2,1H3/b15-12-. The van der Waals surface area contributed by atoms with Crippen molar-refractivity contribution in [2.45, 2.75) is 17.7 Å². The maximum Gasteiger partial charge on any atom is 0.189 e. The first-order valence-electron chi connectivity index (χ1n) is 7.08. The van der Waals surface area contributed by atoms with Crippen LogP contribution >= 0.6 is 0 Å². The zero-order valence-corrected chi connectivity index (χ0v) is 13.1. The summed E-state index contributed by atoms with van der Waals surface area (Å²) in [6.45, 7) is 0. The highest BCUT2D eigenvalue weighted by Gasteiger charge is 2.21. The minimum atomic E-state index is -3.19. The van der Waals surface area contributed by atoms with Crippen molar-refractivity contribution < 1.29 is 13.2 Å². The number of hydrogen-bond acceptors (Lipinski definition) is 3. The first-order chi connectivity index (χ1) is 10.4. The average molecular weight is 312 g/mol. The third-order valence-corrected chi connectivity index (χ3v) is 4.99. The molecule has 4 heteroatoms. The fourth-order valence-corrected chi connectivity index (χ4v) is 3.30. The van der Waals surface area contributed by atoms with Gasteiger partial charge in [0, 0.05) is 17.4 Å². The lowest BCUT2D eigenvalue weighted by Gasteiger charge is -2.17. The number of carbonyl (C=O) groups excluding carboxylic acids is 1. The molecule has 3 rings (SSSR count). The fourth-order valence-electron chi connectivity index (χ4n) is 2.67. The van der Waals surface area contributed by atoms with Gasteiger partial charge < -0.3 is 0 Å². The molecular formula is C18H16O3S. The molecule has 0 heterocycles. The summed E-state index contributed by atoms with van der Waals surface area (Å²) >= 11 is 0. The molecule has 0 saturated carbocycles. The molecule has 0 unspecified atom stereocenters. The van der Waals surface area contributed by atoms with E-state index in [0.29, 0.717) is 6.42 Å². The van der Waals surface area contributed by atoms with E-state index in [1.54, 1.807) is 24.3 Å². The largest absolute Gasteiger partial charge is 0.289 e. The second-order valence-electron chi connectivity index (χ2n) is 5.50. The predicted octanol–water partition coefficient (Wildman–Crippen LogP) is 3.30. The Labute approximate surface area is 130 Å². The van der Waals surface area contributed by atoms with Crippen molar-refractivity contribution in [2.24, 2.45) is 0 Å². The molecule has 1 aliphatic carbocycles. The van der Waals surface area contributed by atoms with E-state index < -0.39 is 9.84 Å². The molecule has 2 aromatic rings. The summed E-state index contributed by atoms with van der Waals surface area (Å²) in [4.78, 5) is 12.8. The van der Waals surface area contributed by atoms with Crippen LogP contribution in [0, 0.1) is 0 Å². The second-order valence-corrected chi connectivity index (χ2v) is 7.51. The lowest BCUT2D eigenvalue weighted by Crippen LogP contribution is -2.13. The number of allylic oxidation sites excluding steroid dienone is 1. The zero-order chi connectivity index (χ0) is 15.7. The number of aryl methyl sites for hydroxylation is 1. The Morgan fingerprint density at radius 3 is 2.32 bits per heavy atom. The van der Waals surface area contributed by atoms with Crippen LogP contribution in [-0.4, -0.2) is 20.5 Å². The molecule has 0 N–H and O–H groups in total. The van der Waals surface area contributed by atoms with Crippen LogP contribution in [0.2, 0.25) is 0 Å². The van der Waals surface area contributed by atoms with Crippen molar-refractivity contribution in [2.75, 3.05) is 6.26 Å². The number of Topliss-reactive ketones (excluding diaryl/α,β-unsaturated/α-hetero) is 1. The molecule has 0 bridgehead atoms. The molecule has 0 amide bonds. The normalized spacial score (nSPS) is 16.6. The van der Waals surface area contributed by atoms with Gasteiger partial charge in [-0.3, -0.25) is 4.79 Å². The smallest absolute Gasteiger partial charge is 0.189 e. The molecule has 112 valence electrons. The van der Waals surface area contributed by atoms with E-state index in [1.165, 1.54) is 6.26 Å². The van der Waals surface area contributed by atoms with Crippen LogP contribution < -0.4 is 0 Å². The minimum absolute atomic E-state index is 0.0639. The maximum atomic E-state index is 12.5. The van der Waals surface area contributed by atoms with E-state index in [2.05, 4.69) is 0 Å². The number of hydrogen-bond donors (Lipinski definition) is 0. The SMILES string of the molecule is CS(=O)(=O)c1ccc(/C=C2/CCc3ccccc3C2=O)cc1. The maximum absolute atomic E-state index is 12.5. The molecule has 0 radical (unpaired) electrons. The van der Waals surface area contributed by atoms with Gasteiger partial charge in [0.1, 0.15) is 0 Å². The second kappa shape index (κ2) is 5.54. The number of fused-ring (bicyclic) bond motifs is 1. The number of carbonyl (C=O) groups is 1. The molecule has 2 aromatic carbocycles. The average Bonchev–Trinajstić information content (AvgIpc) is 2.50. The summed E-state index contributed by atoms with van der Waals surface area (Å²) in [5, 5.41) is 0. The summed E-state index contributed by atoms with van der Waals surface area (Å²) in [6.07, 6.45) is 4.60. The van der Waals surface area contributed by atoms with Crippen molar-refractivity contribution in [3.05, 3.63) is 70.8 Å². The Kier molecular flexibility index (Phi) is 3.71. The van der Waals surface area contributed by atoms with Gasteiger partial charge in [0.15, 0.2) is 15.6 Å². The number of rotatable bonds is 2. The summed E-state index contributed by atoms with van der Waals surface area (Å²) in [6, 6.07) is 14.3. The Hall–Kier alpha value is -2.20.